The SMILES string of the molecule is NCCNC(=O)C1CCCN(C(=O)C2CC2)C1. The van der Waals surface area contributed by atoms with Crippen molar-refractivity contribution in [1.29, 1.82) is 0 Å². The molecule has 1 heterocycles. The van der Waals surface area contributed by atoms with E-state index in [0.717, 1.165) is 32.2 Å². The third kappa shape index (κ3) is 3.19. The zero-order chi connectivity index (χ0) is 12.3. The summed E-state index contributed by atoms with van der Waals surface area (Å²) in [6, 6.07) is 0. The van der Waals surface area contributed by atoms with Gasteiger partial charge in [0.05, 0.1) is 5.92 Å². The first-order valence-corrected chi connectivity index (χ1v) is 6.49. The van der Waals surface area contributed by atoms with Crippen molar-refractivity contribution in [1.82, 2.24) is 10.2 Å². The highest BCUT2D eigenvalue weighted by Crippen LogP contribution is 2.32. The van der Waals surface area contributed by atoms with Crippen molar-refractivity contribution >= 4 is 11.8 Å². The Balaban J connectivity index is 1.83. The van der Waals surface area contributed by atoms with Gasteiger partial charge in [0.2, 0.25) is 11.8 Å². The lowest BCUT2D eigenvalue weighted by atomic mass is 9.96. The standard InChI is InChI=1S/C12H21N3O2/c13-5-6-14-11(16)10-2-1-7-15(8-10)12(17)9-3-4-9/h9-10H,1-8,13H2,(H,14,16). The summed E-state index contributed by atoms with van der Waals surface area (Å²) in [5, 5.41) is 2.80. The number of likely N-dealkylation sites (tertiary alicyclic amines) is 1. The molecule has 0 aromatic carbocycles. The maximum absolute atomic E-state index is 11.9. The summed E-state index contributed by atoms with van der Waals surface area (Å²) < 4.78 is 0. The molecule has 0 bridgehead atoms. The molecular formula is C12H21N3O2. The van der Waals surface area contributed by atoms with Gasteiger partial charge in [-0.15, -0.1) is 0 Å². The lowest BCUT2D eigenvalue weighted by Crippen LogP contribution is -2.46. The highest BCUT2D eigenvalue weighted by Gasteiger charge is 2.36. The topological polar surface area (TPSA) is 75.4 Å². The molecule has 5 heteroatoms. The van der Waals surface area contributed by atoms with Crippen LogP contribution in [0.2, 0.25) is 0 Å². The number of carbonyl (C=O) groups excluding carboxylic acids is 2. The fourth-order valence-corrected chi connectivity index (χ4v) is 2.32. The van der Waals surface area contributed by atoms with E-state index in [0.29, 0.717) is 19.6 Å². The van der Waals surface area contributed by atoms with E-state index in [9.17, 15) is 9.59 Å². The van der Waals surface area contributed by atoms with E-state index in [4.69, 9.17) is 5.73 Å². The molecule has 0 aromatic heterocycles. The molecule has 0 radical (unpaired) electrons. The van der Waals surface area contributed by atoms with Crippen LogP contribution in [0.4, 0.5) is 0 Å². The maximum atomic E-state index is 11.9. The summed E-state index contributed by atoms with van der Waals surface area (Å²) in [6.07, 6.45) is 3.86. The van der Waals surface area contributed by atoms with Crippen molar-refractivity contribution in [3.8, 4) is 0 Å². The molecule has 5 nitrogen and oxygen atoms in total. The van der Waals surface area contributed by atoms with Crippen molar-refractivity contribution in [2.45, 2.75) is 25.7 Å². The summed E-state index contributed by atoms with van der Waals surface area (Å²) in [5.41, 5.74) is 5.35. The Morgan fingerprint density at radius 2 is 2.00 bits per heavy atom. The van der Waals surface area contributed by atoms with E-state index in [1.165, 1.54) is 0 Å². The Morgan fingerprint density at radius 1 is 1.24 bits per heavy atom. The number of hydrogen-bond acceptors (Lipinski definition) is 3. The van der Waals surface area contributed by atoms with Gasteiger partial charge in [0, 0.05) is 32.1 Å². The molecule has 1 unspecified atom stereocenters. The highest BCUT2D eigenvalue weighted by atomic mass is 16.2. The smallest absolute Gasteiger partial charge is 0.225 e. The van der Waals surface area contributed by atoms with Gasteiger partial charge >= 0.3 is 0 Å². The van der Waals surface area contributed by atoms with Crippen LogP contribution in [-0.2, 0) is 9.59 Å². The first-order valence-electron chi connectivity index (χ1n) is 6.49. The van der Waals surface area contributed by atoms with Gasteiger partial charge in [-0.05, 0) is 25.7 Å². The van der Waals surface area contributed by atoms with Gasteiger partial charge in [-0.1, -0.05) is 0 Å². The monoisotopic (exact) mass is 239 g/mol. The molecule has 0 spiro atoms. The molecule has 2 amide bonds. The van der Waals surface area contributed by atoms with Crippen LogP contribution < -0.4 is 11.1 Å². The Labute approximate surface area is 102 Å². The molecule has 96 valence electrons. The lowest BCUT2D eigenvalue weighted by Gasteiger charge is -2.32. The van der Waals surface area contributed by atoms with E-state index >= 15 is 0 Å². The van der Waals surface area contributed by atoms with Crippen LogP contribution in [0.5, 0.6) is 0 Å². The van der Waals surface area contributed by atoms with Crippen LogP contribution in [0.15, 0.2) is 0 Å². The van der Waals surface area contributed by atoms with E-state index in [2.05, 4.69) is 5.32 Å². The number of nitrogens with one attached hydrogen (secondary N) is 1. The first-order chi connectivity index (χ1) is 8.22. The lowest BCUT2D eigenvalue weighted by molar-refractivity contribution is -0.136. The summed E-state index contributed by atoms with van der Waals surface area (Å²) in [5.74, 6) is 0.504. The molecule has 0 aromatic rings. The summed E-state index contributed by atoms with van der Waals surface area (Å²) in [4.78, 5) is 25.6. The van der Waals surface area contributed by atoms with Crippen LogP contribution >= 0.6 is 0 Å². The van der Waals surface area contributed by atoms with E-state index in [-0.39, 0.29) is 23.7 Å². The van der Waals surface area contributed by atoms with Crippen LogP contribution in [0.1, 0.15) is 25.7 Å². The number of carbonyl (C=O) groups is 2. The minimum atomic E-state index is -0.0435. The Hall–Kier alpha value is -1.10. The van der Waals surface area contributed by atoms with Crippen LogP contribution in [0.3, 0.4) is 0 Å². The third-order valence-corrected chi connectivity index (χ3v) is 3.47. The van der Waals surface area contributed by atoms with Crippen LogP contribution in [0.25, 0.3) is 0 Å². The molecule has 1 aliphatic carbocycles. The van der Waals surface area contributed by atoms with Crippen molar-refractivity contribution in [3.63, 3.8) is 0 Å². The van der Waals surface area contributed by atoms with Gasteiger partial charge in [-0.2, -0.15) is 0 Å². The maximum Gasteiger partial charge on any atom is 0.225 e. The second kappa shape index (κ2) is 5.49. The Kier molecular flexibility index (Phi) is 3.99. The molecular weight excluding hydrogens is 218 g/mol. The van der Waals surface area contributed by atoms with Crippen molar-refractivity contribution in [2.75, 3.05) is 26.2 Å². The summed E-state index contributed by atoms with van der Waals surface area (Å²) in [7, 11) is 0. The van der Waals surface area contributed by atoms with Crippen molar-refractivity contribution in [3.05, 3.63) is 0 Å². The molecule has 1 atom stereocenters. The highest BCUT2D eigenvalue weighted by molar-refractivity contribution is 5.83. The largest absolute Gasteiger partial charge is 0.355 e. The van der Waals surface area contributed by atoms with Gasteiger partial charge in [0.25, 0.3) is 0 Å². The predicted octanol–water partition coefficient (Wildman–Crippen LogP) is -0.290. The van der Waals surface area contributed by atoms with Crippen LogP contribution in [0, 0.1) is 11.8 Å². The van der Waals surface area contributed by atoms with E-state index in [1.807, 2.05) is 4.90 Å². The molecule has 2 aliphatic rings. The molecule has 2 rings (SSSR count). The number of amides is 2. The van der Waals surface area contributed by atoms with E-state index in [1.54, 1.807) is 0 Å². The molecule has 1 aliphatic heterocycles. The van der Waals surface area contributed by atoms with Crippen molar-refractivity contribution in [2.24, 2.45) is 17.6 Å². The van der Waals surface area contributed by atoms with Gasteiger partial charge in [0.15, 0.2) is 0 Å². The zero-order valence-electron chi connectivity index (χ0n) is 10.2. The molecule has 3 N–H and O–H groups in total. The summed E-state index contributed by atoms with van der Waals surface area (Å²) >= 11 is 0. The minimum Gasteiger partial charge on any atom is -0.355 e. The molecule has 17 heavy (non-hydrogen) atoms. The summed E-state index contributed by atoms with van der Waals surface area (Å²) in [6.45, 7) is 2.39. The minimum absolute atomic E-state index is 0.0435. The molecule has 1 saturated heterocycles. The number of rotatable bonds is 4. The van der Waals surface area contributed by atoms with E-state index < -0.39 is 0 Å². The second-order valence-corrected chi connectivity index (χ2v) is 4.98. The third-order valence-electron chi connectivity index (χ3n) is 3.47. The number of piperidine rings is 1. The number of nitrogens with two attached hydrogens (primary N) is 1. The van der Waals surface area contributed by atoms with Crippen molar-refractivity contribution < 1.29 is 9.59 Å². The Bertz CT molecular complexity index is 302. The molecule has 1 saturated carbocycles. The van der Waals surface area contributed by atoms with Gasteiger partial charge in [0.1, 0.15) is 0 Å². The predicted molar refractivity (Wildman–Crippen MR) is 64.1 cm³/mol. The van der Waals surface area contributed by atoms with Gasteiger partial charge < -0.3 is 16.0 Å². The van der Waals surface area contributed by atoms with Gasteiger partial charge in [-0.25, -0.2) is 0 Å². The fraction of sp³-hybridized carbons (Fsp3) is 0.833. The van der Waals surface area contributed by atoms with Gasteiger partial charge in [-0.3, -0.25) is 9.59 Å². The number of hydrogen-bond donors (Lipinski definition) is 2. The number of nitrogens with zero attached hydrogens (tertiary/aromatic N) is 1. The normalized spacial score (nSPS) is 24.5. The quantitative estimate of drug-likeness (QED) is 0.708. The average molecular weight is 239 g/mol. The zero-order valence-corrected chi connectivity index (χ0v) is 10.2. The Morgan fingerprint density at radius 3 is 2.65 bits per heavy atom. The molecule has 2 fully saturated rings. The van der Waals surface area contributed by atoms with Crippen LogP contribution in [-0.4, -0.2) is 42.9 Å². The second-order valence-electron chi connectivity index (χ2n) is 4.98. The first kappa shape index (κ1) is 12.4. The average Bonchev–Trinajstić information content (AvgIpc) is 3.19. The fourth-order valence-electron chi connectivity index (χ4n) is 2.32.